The Labute approximate surface area is 202 Å². The highest BCUT2D eigenvalue weighted by atomic mass is 19.1. The van der Waals surface area contributed by atoms with Crippen LogP contribution < -0.4 is 10.6 Å². The van der Waals surface area contributed by atoms with E-state index in [1.165, 1.54) is 24.8 Å². The van der Waals surface area contributed by atoms with E-state index in [1.807, 2.05) is 42.5 Å². The Balaban J connectivity index is 1.30. The number of carbonyl (C=O) groups is 1. The molecular formula is C28H38FN3O2. The average molecular weight is 468 g/mol. The minimum Gasteiger partial charge on any atom is -0.394 e. The topological polar surface area (TPSA) is 64.6 Å². The molecule has 0 spiro atoms. The van der Waals surface area contributed by atoms with Gasteiger partial charge in [-0.15, -0.1) is 0 Å². The van der Waals surface area contributed by atoms with Crippen molar-refractivity contribution in [1.82, 2.24) is 15.5 Å². The smallest absolute Gasteiger partial charge is 0.315 e. The summed E-state index contributed by atoms with van der Waals surface area (Å²) < 4.78 is 13.2. The number of nitrogens with zero attached hydrogens (tertiary/aromatic N) is 1. The van der Waals surface area contributed by atoms with Gasteiger partial charge in [-0.05, 0) is 73.7 Å². The molecule has 2 amide bonds. The van der Waals surface area contributed by atoms with E-state index < -0.39 is 6.04 Å². The molecule has 2 aromatic rings. The van der Waals surface area contributed by atoms with Crippen LogP contribution in [0.3, 0.4) is 0 Å². The zero-order valence-electron chi connectivity index (χ0n) is 20.0. The lowest BCUT2D eigenvalue weighted by Gasteiger charge is -2.39. The second-order valence-corrected chi connectivity index (χ2v) is 10.0. The number of piperidine rings is 1. The number of aliphatic hydroxyl groups excluding tert-OH is 1. The summed E-state index contributed by atoms with van der Waals surface area (Å²) >= 11 is 0. The van der Waals surface area contributed by atoms with Crippen molar-refractivity contribution in [2.24, 2.45) is 11.8 Å². The van der Waals surface area contributed by atoms with Gasteiger partial charge in [0.1, 0.15) is 5.82 Å². The number of carbonyl (C=O) groups excluding carboxylic acids is 1. The number of halogens is 1. The van der Waals surface area contributed by atoms with E-state index in [2.05, 4.69) is 15.5 Å². The third-order valence-electron chi connectivity index (χ3n) is 7.45. The first-order valence-corrected chi connectivity index (χ1v) is 12.8. The molecule has 2 aromatic carbocycles. The van der Waals surface area contributed by atoms with Crippen molar-refractivity contribution < 1.29 is 14.3 Å². The van der Waals surface area contributed by atoms with Gasteiger partial charge in [0.05, 0.1) is 12.6 Å². The van der Waals surface area contributed by atoms with Gasteiger partial charge in [0.2, 0.25) is 0 Å². The van der Waals surface area contributed by atoms with Crippen LogP contribution in [0.25, 0.3) is 0 Å². The van der Waals surface area contributed by atoms with Crippen LogP contribution in [0.2, 0.25) is 0 Å². The normalized spacial score (nSPS) is 24.4. The molecule has 184 valence electrons. The van der Waals surface area contributed by atoms with Crippen molar-refractivity contribution in [1.29, 1.82) is 0 Å². The number of amides is 2. The maximum Gasteiger partial charge on any atom is 0.315 e. The summed E-state index contributed by atoms with van der Waals surface area (Å²) in [6.07, 6.45) is 7.87. The SMILES string of the molecule is O=C(N[C@H](CO)c1ccccc1)N[C@@H]1CCCC[C@H]1CN1CCC[C@@H](Cc2ccc(F)cc2)C1. The molecule has 0 radical (unpaired) electrons. The highest BCUT2D eigenvalue weighted by Crippen LogP contribution is 2.28. The van der Waals surface area contributed by atoms with Crippen molar-refractivity contribution in [2.45, 2.75) is 57.0 Å². The summed E-state index contributed by atoms with van der Waals surface area (Å²) in [5.74, 6) is 0.852. The number of nitrogens with one attached hydrogen (secondary N) is 2. The first-order valence-electron chi connectivity index (χ1n) is 12.8. The number of rotatable bonds is 8. The minimum atomic E-state index is -0.405. The van der Waals surface area contributed by atoms with Crippen molar-refractivity contribution in [3.05, 3.63) is 71.5 Å². The van der Waals surface area contributed by atoms with E-state index in [1.54, 1.807) is 12.1 Å². The molecule has 0 unspecified atom stereocenters. The molecule has 0 bridgehead atoms. The van der Waals surface area contributed by atoms with Gasteiger partial charge in [-0.2, -0.15) is 0 Å². The molecule has 4 rings (SSSR count). The molecular weight excluding hydrogens is 429 g/mol. The Bertz CT molecular complexity index is 892. The molecule has 1 aliphatic heterocycles. The zero-order chi connectivity index (χ0) is 23.8. The lowest BCUT2D eigenvalue weighted by atomic mass is 9.83. The summed E-state index contributed by atoms with van der Waals surface area (Å²) in [6.45, 7) is 3.05. The lowest BCUT2D eigenvalue weighted by molar-refractivity contribution is 0.121. The molecule has 1 heterocycles. The van der Waals surface area contributed by atoms with Gasteiger partial charge in [-0.25, -0.2) is 9.18 Å². The fraction of sp³-hybridized carbons (Fsp3) is 0.536. The summed E-state index contributed by atoms with van der Waals surface area (Å²) in [4.78, 5) is 15.4. The van der Waals surface area contributed by atoms with Crippen LogP contribution in [-0.2, 0) is 6.42 Å². The highest BCUT2D eigenvalue weighted by molar-refractivity contribution is 5.74. The van der Waals surface area contributed by atoms with Crippen molar-refractivity contribution in [3.8, 4) is 0 Å². The number of urea groups is 1. The molecule has 1 saturated carbocycles. The van der Waals surface area contributed by atoms with Crippen LogP contribution in [0.4, 0.5) is 9.18 Å². The summed E-state index contributed by atoms with van der Waals surface area (Å²) in [6, 6.07) is 16.1. The Morgan fingerprint density at radius 1 is 1.03 bits per heavy atom. The maximum absolute atomic E-state index is 13.2. The predicted octanol–water partition coefficient (Wildman–Crippen LogP) is 4.67. The number of hydrogen-bond donors (Lipinski definition) is 3. The van der Waals surface area contributed by atoms with E-state index in [9.17, 15) is 14.3 Å². The molecule has 34 heavy (non-hydrogen) atoms. The Hall–Kier alpha value is -2.44. The fourth-order valence-corrected chi connectivity index (χ4v) is 5.67. The number of hydrogen-bond acceptors (Lipinski definition) is 3. The molecule has 1 saturated heterocycles. The highest BCUT2D eigenvalue weighted by Gasteiger charge is 2.30. The second-order valence-electron chi connectivity index (χ2n) is 10.0. The van der Waals surface area contributed by atoms with E-state index in [-0.39, 0.29) is 24.5 Å². The van der Waals surface area contributed by atoms with Gasteiger partial charge in [0, 0.05) is 19.1 Å². The first kappa shape index (κ1) is 24.7. The molecule has 2 aliphatic rings. The van der Waals surface area contributed by atoms with Gasteiger partial charge in [0.25, 0.3) is 0 Å². The standard InChI is InChI=1S/C28H38FN3O2/c29-25-14-12-21(13-15-25)17-22-7-6-16-32(18-22)19-24-10-4-5-11-26(24)30-28(34)31-27(20-33)23-8-2-1-3-9-23/h1-3,8-9,12-15,22,24,26-27,33H,4-7,10-11,16-20H2,(H2,30,31,34)/t22-,24-,26+,27+/m0/s1. The Morgan fingerprint density at radius 2 is 1.79 bits per heavy atom. The fourth-order valence-electron chi connectivity index (χ4n) is 5.67. The molecule has 6 heteroatoms. The van der Waals surface area contributed by atoms with Crippen LogP contribution in [-0.4, -0.2) is 48.3 Å². The second kappa shape index (κ2) is 12.3. The van der Waals surface area contributed by atoms with Crippen LogP contribution in [0.5, 0.6) is 0 Å². The average Bonchev–Trinajstić information content (AvgIpc) is 2.86. The van der Waals surface area contributed by atoms with E-state index >= 15 is 0 Å². The first-order chi connectivity index (χ1) is 16.6. The summed E-state index contributed by atoms with van der Waals surface area (Å²) in [7, 11) is 0. The third-order valence-corrected chi connectivity index (χ3v) is 7.45. The van der Waals surface area contributed by atoms with E-state index in [4.69, 9.17) is 0 Å². The Morgan fingerprint density at radius 3 is 2.56 bits per heavy atom. The number of aliphatic hydroxyl groups is 1. The van der Waals surface area contributed by atoms with Crippen molar-refractivity contribution >= 4 is 6.03 Å². The largest absolute Gasteiger partial charge is 0.394 e. The quantitative estimate of drug-likeness (QED) is 0.529. The lowest BCUT2D eigenvalue weighted by Crippen LogP contribution is -2.51. The van der Waals surface area contributed by atoms with Crippen LogP contribution in [0.15, 0.2) is 54.6 Å². The van der Waals surface area contributed by atoms with E-state index in [0.29, 0.717) is 11.8 Å². The van der Waals surface area contributed by atoms with Crippen molar-refractivity contribution in [3.63, 3.8) is 0 Å². The van der Waals surface area contributed by atoms with Crippen LogP contribution >= 0.6 is 0 Å². The monoisotopic (exact) mass is 467 g/mol. The number of likely N-dealkylation sites (tertiary alicyclic amines) is 1. The molecule has 5 nitrogen and oxygen atoms in total. The Kier molecular flexibility index (Phi) is 8.94. The van der Waals surface area contributed by atoms with Gasteiger partial charge < -0.3 is 20.6 Å². The minimum absolute atomic E-state index is 0.130. The molecule has 4 atom stereocenters. The van der Waals surface area contributed by atoms with E-state index in [0.717, 1.165) is 50.9 Å². The van der Waals surface area contributed by atoms with Gasteiger partial charge in [0.15, 0.2) is 0 Å². The van der Waals surface area contributed by atoms with Gasteiger partial charge >= 0.3 is 6.03 Å². The van der Waals surface area contributed by atoms with Gasteiger partial charge in [-0.1, -0.05) is 55.3 Å². The number of benzene rings is 2. The molecule has 0 aromatic heterocycles. The summed E-state index contributed by atoms with van der Waals surface area (Å²) in [5, 5.41) is 16.0. The molecule has 3 N–H and O–H groups in total. The third kappa shape index (κ3) is 7.03. The van der Waals surface area contributed by atoms with Crippen LogP contribution in [0.1, 0.15) is 55.7 Å². The zero-order valence-corrected chi connectivity index (χ0v) is 20.0. The van der Waals surface area contributed by atoms with Crippen molar-refractivity contribution in [2.75, 3.05) is 26.2 Å². The van der Waals surface area contributed by atoms with Gasteiger partial charge in [-0.3, -0.25) is 0 Å². The molecule has 2 fully saturated rings. The van der Waals surface area contributed by atoms with Crippen LogP contribution in [0, 0.1) is 17.7 Å². The molecule has 1 aliphatic carbocycles. The summed E-state index contributed by atoms with van der Waals surface area (Å²) in [5.41, 5.74) is 2.11. The maximum atomic E-state index is 13.2. The predicted molar refractivity (Wildman–Crippen MR) is 133 cm³/mol.